The van der Waals surface area contributed by atoms with Crippen LogP contribution in [0.15, 0.2) is 28.9 Å². The van der Waals surface area contributed by atoms with Gasteiger partial charge in [0.15, 0.2) is 5.82 Å². The fourth-order valence-corrected chi connectivity index (χ4v) is 1.42. The summed E-state index contributed by atoms with van der Waals surface area (Å²) in [6, 6.07) is 5.58. The molecule has 4 nitrogen and oxygen atoms in total. The maximum atomic E-state index is 5.54. The van der Waals surface area contributed by atoms with Crippen molar-refractivity contribution in [2.24, 2.45) is 0 Å². The first-order valence-corrected chi connectivity index (χ1v) is 4.69. The monoisotopic (exact) mass is 287 g/mol. The Morgan fingerprint density at radius 3 is 2.77 bits per heavy atom. The fraction of sp³-hybridized carbons (Fsp3) is 0. The number of hydrogen-bond acceptors (Lipinski definition) is 4. The second-order valence-electron chi connectivity index (χ2n) is 2.43. The predicted octanol–water partition coefficient (Wildman–Crippen LogP) is 1.92. The van der Waals surface area contributed by atoms with Crippen molar-refractivity contribution >= 4 is 28.4 Å². The first kappa shape index (κ1) is 8.49. The summed E-state index contributed by atoms with van der Waals surface area (Å²) in [6.45, 7) is 0. The summed E-state index contributed by atoms with van der Waals surface area (Å²) in [5.74, 6) is 1.03. The normalized spacial score (nSPS) is 10.2. The largest absolute Gasteiger partial charge is 0.380 e. The number of halogens is 1. The molecule has 0 aliphatic heterocycles. The molecule has 0 radical (unpaired) electrons. The van der Waals surface area contributed by atoms with Gasteiger partial charge in [-0.3, -0.25) is 4.98 Å². The molecule has 0 atom stereocenters. The van der Waals surface area contributed by atoms with Crippen molar-refractivity contribution in [1.82, 2.24) is 10.1 Å². The second-order valence-corrected chi connectivity index (χ2v) is 3.50. The van der Waals surface area contributed by atoms with Crippen molar-refractivity contribution in [1.29, 1.82) is 0 Å². The summed E-state index contributed by atoms with van der Waals surface area (Å²) in [5.41, 5.74) is 6.28. The van der Waals surface area contributed by atoms with Crippen LogP contribution in [0.5, 0.6) is 0 Å². The van der Waals surface area contributed by atoms with Gasteiger partial charge in [-0.15, -0.1) is 0 Å². The summed E-state index contributed by atoms with van der Waals surface area (Å²) in [6.07, 6.45) is 1.70. The lowest BCUT2D eigenvalue weighted by Crippen LogP contribution is -1.87. The first-order chi connectivity index (χ1) is 6.29. The van der Waals surface area contributed by atoms with E-state index in [1.54, 1.807) is 6.20 Å². The first-order valence-electron chi connectivity index (χ1n) is 3.61. The molecule has 2 aromatic heterocycles. The van der Waals surface area contributed by atoms with Gasteiger partial charge in [-0.25, -0.2) is 0 Å². The Morgan fingerprint density at radius 1 is 1.38 bits per heavy atom. The maximum Gasteiger partial charge on any atom is 0.200 e. The molecule has 2 rings (SSSR count). The highest BCUT2D eigenvalue weighted by Gasteiger charge is 2.12. The molecule has 0 saturated carbocycles. The van der Waals surface area contributed by atoms with E-state index in [1.165, 1.54) is 0 Å². The van der Waals surface area contributed by atoms with E-state index in [1.807, 2.05) is 18.2 Å². The molecule has 0 spiro atoms. The standard InChI is InChI=1S/C8H6IN3O/c9-6-7(13-12-8(6)10)5-3-1-2-4-11-5/h1-4H,(H2,10,12). The number of hydrogen-bond donors (Lipinski definition) is 1. The van der Waals surface area contributed by atoms with Crippen molar-refractivity contribution in [3.8, 4) is 11.5 Å². The molecule has 66 valence electrons. The predicted molar refractivity (Wildman–Crippen MR) is 56.9 cm³/mol. The van der Waals surface area contributed by atoms with Crippen molar-refractivity contribution in [3.63, 3.8) is 0 Å². The average molecular weight is 287 g/mol. The van der Waals surface area contributed by atoms with Gasteiger partial charge in [-0.2, -0.15) is 0 Å². The molecule has 2 aromatic rings. The topological polar surface area (TPSA) is 64.9 Å². The molecule has 0 aliphatic rings. The van der Waals surface area contributed by atoms with Crippen LogP contribution in [0, 0.1) is 3.57 Å². The number of anilines is 1. The highest BCUT2D eigenvalue weighted by Crippen LogP contribution is 2.26. The zero-order valence-electron chi connectivity index (χ0n) is 6.57. The van der Waals surface area contributed by atoms with Crippen molar-refractivity contribution in [3.05, 3.63) is 28.0 Å². The molecule has 0 bridgehead atoms. The molecule has 0 fully saturated rings. The lowest BCUT2D eigenvalue weighted by atomic mass is 10.3. The SMILES string of the molecule is Nc1noc(-c2ccccn2)c1I. The number of pyridine rings is 1. The molecule has 5 heteroatoms. The smallest absolute Gasteiger partial charge is 0.200 e. The van der Waals surface area contributed by atoms with E-state index in [0.29, 0.717) is 11.6 Å². The molecule has 0 aromatic carbocycles. The number of nitrogen functional groups attached to an aromatic ring is 1. The summed E-state index contributed by atoms with van der Waals surface area (Å²) >= 11 is 2.08. The summed E-state index contributed by atoms with van der Waals surface area (Å²) in [5, 5.41) is 3.65. The van der Waals surface area contributed by atoms with Crippen LogP contribution in [0.3, 0.4) is 0 Å². The molecule has 0 amide bonds. The Morgan fingerprint density at radius 2 is 2.23 bits per heavy atom. The van der Waals surface area contributed by atoms with Crippen molar-refractivity contribution < 1.29 is 4.52 Å². The van der Waals surface area contributed by atoms with E-state index < -0.39 is 0 Å². The minimum absolute atomic E-state index is 0.404. The van der Waals surface area contributed by atoms with Crippen LogP contribution in [0.4, 0.5) is 5.82 Å². The van der Waals surface area contributed by atoms with Crippen LogP contribution in [0.25, 0.3) is 11.5 Å². The lowest BCUT2D eigenvalue weighted by Gasteiger charge is -1.92. The summed E-state index contributed by atoms with van der Waals surface area (Å²) in [4.78, 5) is 4.13. The lowest BCUT2D eigenvalue weighted by molar-refractivity contribution is 0.434. The molecule has 0 unspecified atom stereocenters. The zero-order valence-corrected chi connectivity index (χ0v) is 8.72. The van der Waals surface area contributed by atoms with Crippen LogP contribution < -0.4 is 5.73 Å². The fourth-order valence-electron chi connectivity index (χ4n) is 0.948. The second kappa shape index (κ2) is 3.33. The van der Waals surface area contributed by atoms with Gasteiger partial charge in [0.2, 0.25) is 5.76 Å². The van der Waals surface area contributed by atoms with E-state index in [4.69, 9.17) is 10.3 Å². The Kier molecular flexibility index (Phi) is 2.17. The minimum Gasteiger partial charge on any atom is -0.380 e. The average Bonchev–Trinajstić information content (AvgIpc) is 2.49. The zero-order chi connectivity index (χ0) is 9.26. The van der Waals surface area contributed by atoms with Gasteiger partial charge < -0.3 is 10.3 Å². The third kappa shape index (κ3) is 1.51. The van der Waals surface area contributed by atoms with E-state index in [2.05, 4.69) is 32.7 Å². The van der Waals surface area contributed by atoms with E-state index in [-0.39, 0.29) is 0 Å². The van der Waals surface area contributed by atoms with E-state index in [9.17, 15) is 0 Å². The van der Waals surface area contributed by atoms with Crippen LogP contribution >= 0.6 is 22.6 Å². The Bertz CT molecular complexity index is 413. The number of aromatic nitrogens is 2. The van der Waals surface area contributed by atoms with Gasteiger partial charge in [-0.1, -0.05) is 11.2 Å². The molecule has 2 N–H and O–H groups in total. The molecular weight excluding hydrogens is 281 g/mol. The van der Waals surface area contributed by atoms with Gasteiger partial charge in [0.1, 0.15) is 9.26 Å². The molecular formula is C8H6IN3O. The third-order valence-electron chi connectivity index (χ3n) is 1.56. The van der Waals surface area contributed by atoms with Crippen molar-refractivity contribution in [2.75, 3.05) is 5.73 Å². The van der Waals surface area contributed by atoms with E-state index >= 15 is 0 Å². The third-order valence-corrected chi connectivity index (χ3v) is 2.60. The van der Waals surface area contributed by atoms with Gasteiger partial charge in [0.25, 0.3) is 0 Å². The molecule has 13 heavy (non-hydrogen) atoms. The van der Waals surface area contributed by atoms with Gasteiger partial charge >= 0.3 is 0 Å². The summed E-state index contributed by atoms with van der Waals surface area (Å²) < 4.78 is 5.84. The molecule has 0 aliphatic carbocycles. The van der Waals surface area contributed by atoms with Crippen LogP contribution in [0.1, 0.15) is 0 Å². The van der Waals surface area contributed by atoms with Crippen LogP contribution in [-0.2, 0) is 0 Å². The molecule has 2 heterocycles. The maximum absolute atomic E-state index is 5.54. The minimum atomic E-state index is 0.404. The molecule has 0 saturated heterocycles. The van der Waals surface area contributed by atoms with Gasteiger partial charge in [0.05, 0.1) is 0 Å². The van der Waals surface area contributed by atoms with Crippen LogP contribution in [0.2, 0.25) is 0 Å². The Labute approximate surface area is 88.3 Å². The number of rotatable bonds is 1. The van der Waals surface area contributed by atoms with Crippen molar-refractivity contribution in [2.45, 2.75) is 0 Å². The Balaban J connectivity index is 2.53. The highest BCUT2D eigenvalue weighted by molar-refractivity contribution is 14.1. The van der Waals surface area contributed by atoms with Crippen LogP contribution in [-0.4, -0.2) is 10.1 Å². The number of nitrogens with two attached hydrogens (primary N) is 1. The quantitative estimate of drug-likeness (QED) is 0.814. The Hall–Kier alpha value is -1.11. The van der Waals surface area contributed by atoms with Gasteiger partial charge in [-0.05, 0) is 34.7 Å². The van der Waals surface area contributed by atoms with Gasteiger partial charge in [0, 0.05) is 6.20 Å². The number of nitrogens with zero attached hydrogens (tertiary/aromatic N) is 2. The summed E-state index contributed by atoms with van der Waals surface area (Å²) in [7, 11) is 0. The van der Waals surface area contributed by atoms with E-state index in [0.717, 1.165) is 9.26 Å². The highest BCUT2D eigenvalue weighted by atomic mass is 127.